The van der Waals surface area contributed by atoms with Gasteiger partial charge in [0.15, 0.2) is 11.2 Å². The van der Waals surface area contributed by atoms with E-state index >= 15 is 0 Å². The molecule has 5 nitrogen and oxygen atoms in total. The summed E-state index contributed by atoms with van der Waals surface area (Å²) in [5, 5.41) is 3.21. The lowest BCUT2D eigenvalue weighted by atomic mass is 10.1. The van der Waals surface area contributed by atoms with Gasteiger partial charge in [0.2, 0.25) is 0 Å². The summed E-state index contributed by atoms with van der Waals surface area (Å²) in [6, 6.07) is 7.06. The minimum atomic E-state index is -0.692. The number of hydrogen-bond donors (Lipinski definition) is 2. The maximum atomic E-state index is 11.9. The first-order valence-corrected chi connectivity index (χ1v) is 8.24. The van der Waals surface area contributed by atoms with E-state index in [1.807, 2.05) is 24.3 Å². The van der Waals surface area contributed by atoms with Crippen LogP contribution in [0.1, 0.15) is 24.9 Å². The molecule has 2 unspecified atom stereocenters. The van der Waals surface area contributed by atoms with Crippen LogP contribution in [-0.4, -0.2) is 42.6 Å². The van der Waals surface area contributed by atoms with Gasteiger partial charge in [0.1, 0.15) is 0 Å². The summed E-state index contributed by atoms with van der Waals surface area (Å²) in [6.45, 7) is 2.15. The average molecular weight is 342 g/mol. The molecule has 122 valence electrons. The number of hydrogen-bond acceptors (Lipinski definition) is 5. The number of carbonyl (C=O) groups is 1. The van der Waals surface area contributed by atoms with E-state index in [1.54, 1.807) is 11.8 Å². The van der Waals surface area contributed by atoms with Gasteiger partial charge in [0.25, 0.3) is 0 Å². The van der Waals surface area contributed by atoms with Crippen molar-refractivity contribution in [3.63, 3.8) is 0 Å². The average Bonchev–Trinajstić information content (AvgIpc) is 2.49. The largest absolute Gasteiger partial charge is 0.467 e. The Morgan fingerprint density at radius 2 is 2.18 bits per heavy atom. The van der Waals surface area contributed by atoms with Crippen molar-refractivity contribution in [3.05, 3.63) is 29.8 Å². The molecule has 0 aliphatic rings. The van der Waals surface area contributed by atoms with Gasteiger partial charge in [-0.25, -0.2) is 4.79 Å². The number of thiocarbonyl (C=S) groups is 1. The molecular weight excluding hydrogens is 318 g/mol. The van der Waals surface area contributed by atoms with Crippen LogP contribution in [0.2, 0.25) is 0 Å². The second-order valence-electron chi connectivity index (χ2n) is 4.98. The minimum absolute atomic E-state index is 0.0631. The maximum Gasteiger partial charge on any atom is 0.333 e. The number of thioether (sulfide) groups is 1. The van der Waals surface area contributed by atoms with Crippen LogP contribution in [0.15, 0.2) is 29.2 Å². The lowest BCUT2D eigenvalue weighted by Gasteiger charge is -2.23. The minimum Gasteiger partial charge on any atom is -0.467 e. The first kappa shape index (κ1) is 18.7. The number of ether oxygens (including phenoxy) is 1. The molecule has 0 aromatic heterocycles. The number of nitrogens with one attached hydrogen (secondary N) is 1. The highest BCUT2D eigenvalue weighted by atomic mass is 32.2. The van der Waals surface area contributed by atoms with Crippen molar-refractivity contribution in [1.82, 2.24) is 10.2 Å². The van der Waals surface area contributed by atoms with Gasteiger partial charge in [-0.3, -0.25) is 4.90 Å². The summed E-state index contributed by atoms with van der Waals surface area (Å²) in [5.74, 6) is -0.422. The lowest BCUT2D eigenvalue weighted by molar-refractivity contribution is -0.142. The van der Waals surface area contributed by atoms with Gasteiger partial charge in [-0.15, -0.1) is 11.8 Å². The first-order valence-electron chi connectivity index (χ1n) is 6.95. The smallest absolute Gasteiger partial charge is 0.333 e. The fourth-order valence-electron chi connectivity index (χ4n) is 2.02. The highest BCUT2D eigenvalue weighted by Gasteiger charge is 2.22. The Morgan fingerprint density at radius 3 is 2.68 bits per heavy atom. The second kappa shape index (κ2) is 8.97. The Morgan fingerprint density at radius 1 is 1.50 bits per heavy atom. The monoisotopic (exact) mass is 341 g/mol. The van der Waals surface area contributed by atoms with Gasteiger partial charge in [0, 0.05) is 4.90 Å². The third-order valence-corrected chi connectivity index (χ3v) is 4.78. The molecule has 1 aromatic carbocycles. The molecule has 0 aliphatic carbocycles. The maximum absolute atomic E-state index is 11.9. The number of nitrogens with two attached hydrogens (primary N) is 1. The van der Waals surface area contributed by atoms with Crippen LogP contribution in [-0.2, 0) is 9.53 Å². The molecule has 22 heavy (non-hydrogen) atoms. The van der Waals surface area contributed by atoms with Crippen molar-refractivity contribution in [3.8, 4) is 0 Å². The topological polar surface area (TPSA) is 67.6 Å². The van der Waals surface area contributed by atoms with E-state index in [1.165, 1.54) is 7.11 Å². The Labute approximate surface area is 141 Å². The molecule has 0 spiro atoms. The lowest BCUT2D eigenvalue weighted by Crippen LogP contribution is -2.37. The predicted molar refractivity (Wildman–Crippen MR) is 94.7 cm³/mol. The van der Waals surface area contributed by atoms with Gasteiger partial charge in [-0.2, -0.15) is 0 Å². The number of nitrogens with zero attached hydrogens (tertiary/aromatic N) is 1. The van der Waals surface area contributed by atoms with Crippen LogP contribution < -0.4 is 11.1 Å². The molecule has 7 heteroatoms. The first-order chi connectivity index (χ1) is 10.4. The number of rotatable bonds is 7. The zero-order valence-corrected chi connectivity index (χ0v) is 15.0. The quantitative estimate of drug-likeness (QED) is 0.341. The van der Waals surface area contributed by atoms with Crippen molar-refractivity contribution in [1.29, 1.82) is 0 Å². The molecule has 0 amide bonds. The normalized spacial score (nSPS) is 13.5. The third-order valence-electron chi connectivity index (χ3n) is 3.11. The van der Waals surface area contributed by atoms with Crippen molar-refractivity contribution in [2.75, 3.05) is 21.2 Å². The molecule has 0 saturated heterocycles. The van der Waals surface area contributed by atoms with E-state index < -0.39 is 12.0 Å². The fourth-order valence-corrected chi connectivity index (χ4v) is 3.19. The van der Waals surface area contributed by atoms with Crippen LogP contribution in [0.3, 0.4) is 0 Å². The van der Waals surface area contributed by atoms with Crippen LogP contribution >= 0.6 is 24.0 Å². The number of carbonyl (C=O) groups excluding carboxylic acids is 1. The van der Waals surface area contributed by atoms with Gasteiger partial charge < -0.3 is 15.8 Å². The molecule has 1 aromatic rings. The second-order valence-corrected chi connectivity index (χ2v) is 6.67. The standard InChI is InChI=1S/C15H23N3O2S2/c1-5-12(18(2)3)22-11-8-6-7-10(9-11)13(14(19)20-4)17-15(16)21/h6-9,12-13H,5H2,1-4H3,(H3,16,17,21). The Hall–Kier alpha value is -1.31. The van der Waals surface area contributed by atoms with Crippen LogP contribution in [0, 0.1) is 0 Å². The molecule has 0 saturated carbocycles. The molecule has 3 N–H and O–H groups in total. The Kier molecular flexibility index (Phi) is 7.64. The predicted octanol–water partition coefficient (Wildman–Crippen LogP) is 2.12. The van der Waals surface area contributed by atoms with Gasteiger partial charge in [0.05, 0.1) is 12.5 Å². The summed E-state index contributed by atoms with van der Waals surface area (Å²) in [4.78, 5) is 15.2. The number of esters is 1. The summed E-state index contributed by atoms with van der Waals surface area (Å²) in [7, 11) is 5.45. The van der Waals surface area contributed by atoms with Gasteiger partial charge >= 0.3 is 5.97 Å². The molecule has 2 atom stereocenters. The van der Waals surface area contributed by atoms with Crippen LogP contribution in [0.4, 0.5) is 0 Å². The summed E-state index contributed by atoms with van der Waals surface area (Å²) in [5.41, 5.74) is 6.28. The number of methoxy groups -OCH3 is 1. The fraction of sp³-hybridized carbons (Fsp3) is 0.467. The molecule has 0 heterocycles. The van der Waals surface area contributed by atoms with Crippen LogP contribution in [0.25, 0.3) is 0 Å². The molecule has 1 rings (SSSR count). The van der Waals surface area contributed by atoms with Gasteiger partial charge in [-0.1, -0.05) is 19.1 Å². The van der Waals surface area contributed by atoms with E-state index in [4.69, 9.17) is 22.7 Å². The Bertz CT molecular complexity index is 523. The van der Waals surface area contributed by atoms with E-state index in [-0.39, 0.29) is 5.11 Å². The van der Waals surface area contributed by atoms with Gasteiger partial charge in [-0.05, 0) is 50.4 Å². The highest BCUT2D eigenvalue weighted by Crippen LogP contribution is 2.29. The molecule has 0 bridgehead atoms. The van der Waals surface area contributed by atoms with E-state index in [2.05, 4.69) is 31.2 Å². The SMILES string of the molecule is CCC(Sc1cccc(C(NC(N)=S)C(=O)OC)c1)N(C)C. The summed E-state index contributed by atoms with van der Waals surface area (Å²) < 4.78 is 4.82. The summed E-state index contributed by atoms with van der Waals surface area (Å²) >= 11 is 6.59. The molecule has 0 radical (unpaired) electrons. The molecule has 0 fully saturated rings. The zero-order chi connectivity index (χ0) is 16.7. The number of benzene rings is 1. The highest BCUT2D eigenvalue weighted by molar-refractivity contribution is 7.99. The molecule has 0 aliphatic heterocycles. The zero-order valence-electron chi connectivity index (χ0n) is 13.3. The van der Waals surface area contributed by atoms with E-state index in [0.29, 0.717) is 5.37 Å². The summed E-state index contributed by atoms with van der Waals surface area (Å²) in [6.07, 6.45) is 1.02. The molecular formula is C15H23N3O2S2. The third kappa shape index (κ3) is 5.47. The van der Waals surface area contributed by atoms with Crippen molar-refractivity contribution < 1.29 is 9.53 Å². The van der Waals surface area contributed by atoms with E-state index in [0.717, 1.165) is 16.9 Å². The van der Waals surface area contributed by atoms with Crippen molar-refractivity contribution >= 4 is 35.1 Å². The van der Waals surface area contributed by atoms with E-state index in [9.17, 15) is 4.79 Å². The Balaban J connectivity index is 3.01. The van der Waals surface area contributed by atoms with Crippen LogP contribution in [0.5, 0.6) is 0 Å². The van der Waals surface area contributed by atoms with Crippen molar-refractivity contribution in [2.24, 2.45) is 5.73 Å². The van der Waals surface area contributed by atoms with Crippen molar-refractivity contribution in [2.45, 2.75) is 29.7 Å².